The number of nitrogens with two attached hydrogens (primary N) is 1. The lowest BCUT2D eigenvalue weighted by Gasteiger charge is -2.21. The fourth-order valence-electron chi connectivity index (χ4n) is 1.34. The van der Waals surface area contributed by atoms with E-state index in [0.29, 0.717) is 19.5 Å². The fraction of sp³-hybridized carbons (Fsp3) is 0.462. The van der Waals surface area contributed by atoms with Crippen molar-refractivity contribution in [2.24, 2.45) is 11.1 Å². The van der Waals surface area contributed by atoms with E-state index in [-0.39, 0.29) is 24.1 Å². The largest absolute Gasteiger partial charge is 0.355 e. The first kappa shape index (κ1) is 16.9. The predicted molar refractivity (Wildman–Crippen MR) is 73.2 cm³/mol. The molecular formula is C13H20ClFN2O. The Hall–Kier alpha value is -1.13. The Labute approximate surface area is 113 Å². The van der Waals surface area contributed by atoms with Crippen molar-refractivity contribution in [3.8, 4) is 0 Å². The number of hydrogen-bond acceptors (Lipinski definition) is 2. The number of benzene rings is 1. The Morgan fingerprint density at radius 3 is 2.67 bits per heavy atom. The summed E-state index contributed by atoms with van der Waals surface area (Å²) in [6, 6.07) is 6.37. The van der Waals surface area contributed by atoms with Crippen LogP contribution in [-0.2, 0) is 11.2 Å². The number of halogens is 2. The summed E-state index contributed by atoms with van der Waals surface area (Å²) in [6.45, 7) is 4.39. The van der Waals surface area contributed by atoms with Crippen LogP contribution in [0.5, 0.6) is 0 Å². The molecule has 0 aromatic heterocycles. The van der Waals surface area contributed by atoms with Crippen molar-refractivity contribution in [2.45, 2.75) is 20.3 Å². The Morgan fingerprint density at radius 1 is 1.44 bits per heavy atom. The van der Waals surface area contributed by atoms with E-state index in [1.165, 1.54) is 12.1 Å². The molecule has 3 nitrogen and oxygen atoms in total. The number of carbonyl (C=O) groups is 1. The molecule has 0 aliphatic rings. The second-order valence-electron chi connectivity index (χ2n) is 4.72. The highest BCUT2D eigenvalue weighted by Gasteiger charge is 2.24. The Balaban J connectivity index is 0.00000289. The molecule has 5 heteroatoms. The second kappa shape index (κ2) is 7.34. The van der Waals surface area contributed by atoms with Gasteiger partial charge >= 0.3 is 0 Å². The van der Waals surface area contributed by atoms with Gasteiger partial charge in [0.2, 0.25) is 5.91 Å². The van der Waals surface area contributed by atoms with Gasteiger partial charge in [0.15, 0.2) is 0 Å². The van der Waals surface area contributed by atoms with Crippen LogP contribution in [0.4, 0.5) is 4.39 Å². The Morgan fingerprint density at radius 2 is 2.11 bits per heavy atom. The number of hydrogen-bond donors (Lipinski definition) is 2. The van der Waals surface area contributed by atoms with Crippen LogP contribution in [0.3, 0.4) is 0 Å². The number of amides is 1. The van der Waals surface area contributed by atoms with E-state index >= 15 is 0 Å². The first-order valence-electron chi connectivity index (χ1n) is 5.68. The van der Waals surface area contributed by atoms with Crippen molar-refractivity contribution in [3.63, 3.8) is 0 Å². The van der Waals surface area contributed by atoms with Crippen molar-refractivity contribution >= 4 is 18.3 Å². The van der Waals surface area contributed by atoms with Gasteiger partial charge in [-0.15, -0.1) is 12.4 Å². The zero-order valence-corrected chi connectivity index (χ0v) is 11.5. The first-order chi connectivity index (χ1) is 7.95. The lowest BCUT2D eigenvalue weighted by molar-refractivity contribution is -0.128. The van der Waals surface area contributed by atoms with E-state index in [1.54, 1.807) is 19.9 Å². The fourth-order valence-corrected chi connectivity index (χ4v) is 1.34. The molecule has 1 aromatic rings. The first-order valence-corrected chi connectivity index (χ1v) is 5.68. The highest BCUT2D eigenvalue weighted by atomic mass is 35.5. The molecule has 102 valence electrons. The van der Waals surface area contributed by atoms with Crippen LogP contribution in [0.15, 0.2) is 24.3 Å². The SMILES string of the molecule is CC(C)(CN)C(=O)NCCc1cccc(F)c1.Cl. The molecule has 3 N–H and O–H groups in total. The van der Waals surface area contributed by atoms with Crippen molar-refractivity contribution < 1.29 is 9.18 Å². The van der Waals surface area contributed by atoms with Crippen LogP contribution in [-0.4, -0.2) is 19.0 Å². The van der Waals surface area contributed by atoms with Gasteiger partial charge in [0, 0.05) is 13.1 Å². The van der Waals surface area contributed by atoms with Crippen LogP contribution < -0.4 is 11.1 Å². The zero-order valence-electron chi connectivity index (χ0n) is 10.7. The van der Waals surface area contributed by atoms with Crippen LogP contribution in [0.1, 0.15) is 19.4 Å². The maximum Gasteiger partial charge on any atom is 0.226 e. The third kappa shape index (κ3) is 5.02. The standard InChI is InChI=1S/C13H19FN2O.ClH/c1-13(2,9-15)12(17)16-7-6-10-4-3-5-11(14)8-10;/h3-5,8H,6-7,9,15H2,1-2H3,(H,16,17);1H. The van der Waals surface area contributed by atoms with E-state index in [1.807, 2.05) is 6.07 Å². The molecule has 0 aliphatic heterocycles. The van der Waals surface area contributed by atoms with Gasteiger partial charge in [-0.05, 0) is 38.0 Å². The number of nitrogens with one attached hydrogen (secondary N) is 1. The lowest BCUT2D eigenvalue weighted by Crippen LogP contribution is -2.42. The smallest absolute Gasteiger partial charge is 0.226 e. The summed E-state index contributed by atoms with van der Waals surface area (Å²) >= 11 is 0. The molecule has 0 fully saturated rings. The van der Waals surface area contributed by atoms with Crippen molar-refractivity contribution in [3.05, 3.63) is 35.6 Å². The minimum Gasteiger partial charge on any atom is -0.355 e. The molecule has 0 spiro atoms. The van der Waals surface area contributed by atoms with Gasteiger partial charge in [-0.2, -0.15) is 0 Å². The van der Waals surface area contributed by atoms with E-state index in [4.69, 9.17) is 5.73 Å². The van der Waals surface area contributed by atoms with E-state index < -0.39 is 5.41 Å². The molecule has 0 aliphatic carbocycles. The molecule has 0 atom stereocenters. The third-order valence-electron chi connectivity index (χ3n) is 2.71. The molecule has 0 radical (unpaired) electrons. The van der Waals surface area contributed by atoms with Gasteiger partial charge in [0.05, 0.1) is 5.41 Å². The minimum atomic E-state index is -0.554. The lowest BCUT2D eigenvalue weighted by atomic mass is 9.92. The van der Waals surface area contributed by atoms with Gasteiger partial charge < -0.3 is 11.1 Å². The average molecular weight is 275 g/mol. The number of carbonyl (C=O) groups excluding carboxylic acids is 1. The predicted octanol–water partition coefficient (Wildman–Crippen LogP) is 1.89. The maximum absolute atomic E-state index is 12.9. The monoisotopic (exact) mass is 274 g/mol. The summed E-state index contributed by atoms with van der Waals surface area (Å²) in [5.41, 5.74) is 5.82. The van der Waals surface area contributed by atoms with Crippen LogP contribution in [0, 0.1) is 11.2 Å². The van der Waals surface area contributed by atoms with Crippen LogP contribution in [0.2, 0.25) is 0 Å². The minimum absolute atomic E-state index is 0. The molecule has 0 saturated carbocycles. The van der Waals surface area contributed by atoms with E-state index in [2.05, 4.69) is 5.32 Å². The van der Waals surface area contributed by atoms with Gasteiger partial charge in [0.1, 0.15) is 5.82 Å². The van der Waals surface area contributed by atoms with Crippen LogP contribution >= 0.6 is 12.4 Å². The molecule has 0 heterocycles. The molecule has 0 unspecified atom stereocenters. The van der Waals surface area contributed by atoms with Gasteiger partial charge in [-0.1, -0.05) is 12.1 Å². The normalized spacial score (nSPS) is 10.7. The summed E-state index contributed by atoms with van der Waals surface area (Å²) in [6.07, 6.45) is 0.615. The maximum atomic E-state index is 12.9. The molecule has 0 bridgehead atoms. The van der Waals surface area contributed by atoms with Crippen molar-refractivity contribution in [1.82, 2.24) is 5.32 Å². The van der Waals surface area contributed by atoms with E-state index in [0.717, 1.165) is 5.56 Å². The molecular weight excluding hydrogens is 255 g/mol. The molecule has 0 saturated heterocycles. The summed E-state index contributed by atoms with van der Waals surface area (Å²) in [5.74, 6) is -0.326. The van der Waals surface area contributed by atoms with E-state index in [9.17, 15) is 9.18 Å². The summed E-state index contributed by atoms with van der Waals surface area (Å²) in [7, 11) is 0. The second-order valence-corrected chi connectivity index (χ2v) is 4.72. The third-order valence-corrected chi connectivity index (χ3v) is 2.71. The summed E-state index contributed by atoms with van der Waals surface area (Å²) < 4.78 is 12.9. The molecule has 18 heavy (non-hydrogen) atoms. The topological polar surface area (TPSA) is 55.1 Å². The summed E-state index contributed by atoms with van der Waals surface area (Å²) in [5, 5.41) is 2.80. The highest BCUT2D eigenvalue weighted by Crippen LogP contribution is 2.12. The molecule has 1 aromatic carbocycles. The quantitative estimate of drug-likeness (QED) is 0.862. The zero-order chi connectivity index (χ0) is 12.9. The van der Waals surface area contributed by atoms with Crippen molar-refractivity contribution in [1.29, 1.82) is 0 Å². The van der Waals surface area contributed by atoms with Gasteiger partial charge in [0.25, 0.3) is 0 Å². The van der Waals surface area contributed by atoms with Crippen LogP contribution in [0.25, 0.3) is 0 Å². The molecule has 1 rings (SSSR count). The average Bonchev–Trinajstić information content (AvgIpc) is 2.29. The highest BCUT2D eigenvalue weighted by molar-refractivity contribution is 5.85. The van der Waals surface area contributed by atoms with Gasteiger partial charge in [-0.3, -0.25) is 4.79 Å². The summed E-state index contributed by atoms with van der Waals surface area (Å²) in [4.78, 5) is 11.7. The Bertz CT molecular complexity index is 396. The number of rotatable bonds is 5. The Kier molecular flexibility index (Phi) is 6.88. The molecule has 1 amide bonds. The van der Waals surface area contributed by atoms with Crippen molar-refractivity contribution in [2.75, 3.05) is 13.1 Å². The van der Waals surface area contributed by atoms with Gasteiger partial charge in [-0.25, -0.2) is 4.39 Å².